The van der Waals surface area contributed by atoms with Gasteiger partial charge in [0.15, 0.2) is 5.78 Å². The van der Waals surface area contributed by atoms with Crippen LogP contribution in [-0.2, 0) is 6.42 Å². The van der Waals surface area contributed by atoms with Gasteiger partial charge in [0.05, 0.1) is 0 Å². The molecule has 0 atom stereocenters. The molecule has 2 heteroatoms. The molecule has 0 spiro atoms. The third-order valence-electron chi connectivity index (χ3n) is 3.00. The Bertz CT molecular complexity index is 355. The van der Waals surface area contributed by atoms with Gasteiger partial charge in [0.25, 0.3) is 0 Å². The zero-order chi connectivity index (χ0) is 10.7. The predicted octanol–water partition coefficient (Wildman–Crippen LogP) is 2.04. The number of ketones is 1. The third-order valence-corrected chi connectivity index (χ3v) is 3.00. The first-order valence-corrected chi connectivity index (χ1v) is 5.62. The Labute approximate surface area is 90.7 Å². The lowest BCUT2D eigenvalue weighted by Crippen LogP contribution is -2.42. The summed E-state index contributed by atoms with van der Waals surface area (Å²) >= 11 is 0. The van der Waals surface area contributed by atoms with Crippen LogP contribution in [0.25, 0.3) is 0 Å². The fourth-order valence-electron chi connectivity index (χ4n) is 1.84. The molecular formula is C13H17NO. The molecule has 1 aromatic rings. The lowest BCUT2D eigenvalue weighted by molar-refractivity contribution is 0.0945. The molecule has 0 saturated carbocycles. The van der Waals surface area contributed by atoms with Gasteiger partial charge in [0.2, 0.25) is 0 Å². The molecule has 2 nitrogen and oxygen atoms in total. The summed E-state index contributed by atoms with van der Waals surface area (Å²) in [6, 6.07) is 7.99. The van der Waals surface area contributed by atoms with E-state index < -0.39 is 0 Å². The monoisotopic (exact) mass is 203 g/mol. The van der Waals surface area contributed by atoms with Crippen LogP contribution in [0.4, 0.5) is 0 Å². The minimum atomic E-state index is 0.289. The topological polar surface area (TPSA) is 29.1 Å². The van der Waals surface area contributed by atoms with E-state index >= 15 is 0 Å². The van der Waals surface area contributed by atoms with E-state index in [0.29, 0.717) is 12.3 Å². The number of rotatable bonds is 4. The summed E-state index contributed by atoms with van der Waals surface area (Å²) in [5.74, 6) is 0.847. The van der Waals surface area contributed by atoms with Crippen LogP contribution < -0.4 is 5.32 Å². The molecule has 15 heavy (non-hydrogen) atoms. The van der Waals surface area contributed by atoms with Gasteiger partial charge in [-0.2, -0.15) is 0 Å². The third kappa shape index (κ3) is 2.45. The molecule has 0 aromatic heterocycles. The minimum Gasteiger partial charge on any atom is -0.316 e. The Balaban J connectivity index is 2.03. The number of hydrogen-bond donors (Lipinski definition) is 1. The molecule has 0 aliphatic carbocycles. The molecular weight excluding hydrogens is 186 g/mol. The van der Waals surface area contributed by atoms with E-state index in [1.165, 1.54) is 5.56 Å². The summed E-state index contributed by atoms with van der Waals surface area (Å²) < 4.78 is 0. The second-order valence-corrected chi connectivity index (χ2v) is 4.21. The van der Waals surface area contributed by atoms with Crippen molar-refractivity contribution in [2.75, 3.05) is 13.1 Å². The highest BCUT2D eigenvalue weighted by Gasteiger charge is 2.20. The van der Waals surface area contributed by atoms with Crippen LogP contribution in [0.15, 0.2) is 24.3 Å². The maximum Gasteiger partial charge on any atom is 0.163 e. The zero-order valence-corrected chi connectivity index (χ0v) is 9.12. The van der Waals surface area contributed by atoms with Crippen molar-refractivity contribution >= 4 is 5.78 Å². The molecule has 1 aliphatic rings. The molecule has 0 amide bonds. The van der Waals surface area contributed by atoms with Crippen molar-refractivity contribution in [3.05, 3.63) is 35.4 Å². The average Bonchev–Trinajstić information content (AvgIpc) is 2.23. The van der Waals surface area contributed by atoms with E-state index in [4.69, 9.17) is 0 Å². The Morgan fingerprint density at radius 2 is 2.27 bits per heavy atom. The van der Waals surface area contributed by atoms with Gasteiger partial charge in [-0.3, -0.25) is 4.79 Å². The fraction of sp³-hybridized carbons (Fsp3) is 0.462. The molecule has 1 aromatic carbocycles. The van der Waals surface area contributed by atoms with Crippen LogP contribution in [0.3, 0.4) is 0 Å². The van der Waals surface area contributed by atoms with Crippen molar-refractivity contribution in [1.82, 2.24) is 5.32 Å². The second-order valence-electron chi connectivity index (χ2n) is 4.21. The van der Waals surface area contributed by atoms with E-state index in [-0.39, 0.29) is 5.78 Å². The first-order valence-electron chi connectivity index (χ1n) is 5.62. The molecule has 0 bridgehead atoms. The molecule has 2 rings (SSSR count). The number of Topliss-reactive ketones (excluding diaryl/α,β-unsaturated/α-hetero) is 1. The summed E-state index contributed by atoms with van der Waals surface area (Å²) in [6.45, 7) is 4.11. The second kappa shape index (κ2) is 4.58. The molecule has 0 radical (unpaired) electrons. The van der Waals surface area contributed by atoms with Gasteiger partial charge in [-0.05, 0) is 37.1 Å². The minimum absolute atomic E-state index is 0.289. The van der Waals surface area contributed by atoms with Gasteiger partial charge in [0, 0.05) is 12.0 Å². The first-order chi connectivity index (χ1) is 7.29. The summed E-state index contributed by atoms with van der Waals surface area (Å²) in [7, 11) is 0. The molecule has 1 N–H and O–H groups in total. The van der Waals surface area contributed by atoms with E-state index in [1.807, 2.05) is 18.2 Å². The van der Waals surface area contributed by atoms with Crippen molar-refractivity contribution in [3.8, 4) is 0 Å². The number of hydrogen-bond acceptors (Lipinski definition) is 2. The van der Waals surface area contributed by atoms with E-state index in [0.717, 1.165) is 25.1 Å². The molecule has 1 fully saturated rings. The Hall–Kier alpha value is -1.15. The van der Waals surface area contributed by atoms with Gasteiger partial charge >= 0.3 is 0 Å². The van der Waals surface area contributed by atoms with Crippen LogP contribution in [0.1, 0.15) is 29.3 Å². The van der Waals surface area contributed by atoms with E-state index in [1.54, 1.807) is 0 Å². The smallest absolute Gasteiger partial charge is 0.163 e. The summed E-state index contributed by atoms with van der Waals surface area (Å²) in [6.07, 6.45) is 1.69. The summed E-state index contributed by atoms with van der Waals surface area (Å²) in [4.78, 5) is 11.9. The normalized spacial score (nSPS) is 16.1. The van der Waals surface area contributed by atoms with Crippen molar-refractivity contribution in [3.63, 3.8) is 0 Å². The fourth-order valence-corrected chi connectivity index (χ4v) is 1.84. The molecule has 1 saturated heterocycles. The largest absolute Gasteiger partial charge is 0.316 e. The number of aryl methyl sites for hydroxylation is 1. The maximum atomic E-state index is 11.9. The Morgan fingerprint density at radius 1 is 1.47 bits per heavy atom. The highest BCUT2D eigenvalue weighted by atomic mass is 16.1. The lowest BCUT2D eigenvalue weighted by Gasteiger charge is -2.26. The number of carbonyl (C=O) groups excluding carboxylic acids is 1. The van der Waals surface area contributed by atoms with Crippen LogP contribution in [-0.4, -0.2) is 18.9 Å². The van der Waals surface area contributed by atoms with Crippen molar-refractivity contribution < 1.29 is 4.79 Å². The first kappa shape index (κ1) is 10.4. The van der Waals surface area contributed by atoms with E-state index in [2.05, 4.69) is 18.3 Å². The Morgan fingerprint density at radius 3 is 2.87 bits per heavy atom. The lowest BCUT2D eigenvalue weighted by atomic mass is 9.93. The standard InChI is InChI=1S/C13H17NO/c1-2-10-4-3-5-12(6-10)13(15)7-11-8-14-9-11/h3-6,11,14H,2,7-9H2,1H3. The number of nitrogens with one attached hydrogen (secondary N) is 1. The Kier molecular flexibility index (Phi) is 3.17. The van der Waals surface area contributed by atoms with E-state index in [9.17, 15) is 4.79 Å². The predicted molar refractivity (Wildman–Crippen MR) is 61.1 cm³/mol. The van der Waals surface area contributed by atoms with Crippen LogP contribution in [0.5, 0.6) is 0 Å². The van der Waals surface area contributed by atoms with Gasteiger partial charge in [-0.15, -0.1) is 0 Å². The van der Waals surface area contributed by atoms with Crippen molar-refractivity contribution in [1.29, 1.82) is 0 Å². The SMILES string of the molecule is CCc1cccc(C(=O)CC2CNC2)c1. The summed E-state index contributed by atoms with van der Waals surface area (Å²) in [5, 5.41) is 3.19. The highest BCUT2D eigenvalue weighted by Crippen LogP contribution is 2.14. The summed E-state index contributed by atoms with van der Waals surface area (Å²) in [5.41, 5.74) is 2.12. The van der Waals surface area contributed by atoms with Crippen LogP contribution in [0, 0.1) is 5.92 Å². The van der Waals surface area contributed by atoms with Gasteiger partial charge in [-0.25, -0.2) is 0 Å². The highest BCUT2D eigenvalue weighted by molar-refractivity contribution is 5.96. The number of carbonyl (C=O) groups is 1. The van der Waals surface area contributed by atoms with Gasteiger partial charge < -0.3 is 5.32 Å². The quantitative estimate of drug-likeness (QED) is 0.759. The maximum absolute atomic E-state index is 11.9. The van der Waals surface area contributed by atoms with Crippen LogP contribution >= 0.6 is 0 Å². The van der Waals surface area contributed by atoms with Crippen molar-refractivity contribution in [2.45, 2.75) is 19.8 Å². The number of benzene rings is 1. The van der Waals surface area contributed by atoms with Crippen molar-refractivity contribution in [2.24, 2.45) is 5.92 Å². The average molecular weight is 203 g/mol. The van der Waals surface area contributed by atoms with Gasteiger partial charge in [-0.1, -0.05) is 25.1 Å². The molecule has 80 valence electrons. The van der Waals surface area contributed by atoms with Gasteiger partial charge in [0.1, 0.15) is 0 Å². The molecule has 1 aliphatic heterocycles. The molecule has 1 heterocycles. The van der Waals surface area contributed by atoms with Crippen LogP contribution in [0.2, 0.25) is 0 Å². The zero-order valence-electron chi connectivity index (χ0n) is 9.12. The molecule has 0 unspecified atom stereocenters.